The molecule has 1 aromatic carbocycles. The van der Waals surface area contributed by atoms with Gasteiger partial charge in [-0.1, -0.05) is 33.6 Å². The monoisotopic (exact) mass is 294 g/mol. The van der Waals surface area contributed by atoms with E-state index >= 15 is 0 Å². The molecule has 0 fully saturated rings. The Morgan fingerprint density at radius 1 is 1.53 bits per heavy atom. The van der Waals surface area contributed by atoms with Crippen LogP contribution in [0.2, 0.25) is 5.02 Å². The number of benzene rings is 1. The molecule has 0 aliphatic carbocycles. The second-order valence-corrected chi connectivity index (χ2v) is 3.90. The SMILES string of the molecule is O=C(CCBr)c1cccc(OCF)c1Cl. The maximum Gasteiger partial charge on any atom is 0.228 e. The quantitative estimate of drug-likeness (QED) is 0.613. The molecule has 0 saturated heterocycles. The summed E-state index contributed by atoms with van der Waals surface area (Å²) < 4.78 is 16.6. The molecular weight excluding hydrogens is 286 g/mol. The smallest absolute Gasteiger partial charge is 0.228 e. The van der Waals surface area contributed by atoms with Crippen molar-refractivity contribution in [1.29, 1.82) is 0 Å². The minimum absolute atomic E-state index is 0.0961. The van der Waals surface area contributed by atoms with Crippen molar-refractivity contribution in [2.24, 2.45) is 0 Å². The highest BCUT2D eigenvalue weighted by Crippen LogP contribution is 2.29. The van der Waals surface area contributed by atoms with Crippen LogP contribution in [-0.4, -0.2) is 18.0 Å². The molecule has 0 amide bonds. The summed E-state index contributed by atoms with van der Waals surface area (Å²) in [6.07, 6.45) is 0.346. The summed E-state index contributed by atoms with van der Waals surface area (Å²) in [7, 11) is 0. The predicted octanol–water partition coefficient (Wildman–Crippen LogP) is 3.61. The van der Waals surface area contributed by atoms with Crippen LogP contribution in [0.15, 0.2) is 18.2 Å². The zero-order chi connectivity index (χ0) is 11.3. The highest BCUT2D eigenvalue weighted by atomic mass is 79.9. The first-order valence-electron chi connectivity index (χ1n) is 4.27. The van der Waals surface area contributed by atoms with Crippen molar-refractivity contribution in [3.05, 3.63) is 28.8 Å². The van der Waals surface area contributed by atoms with Gasteiger partial charge in [0.2, 0.25) is 6.86 Å². The van der Waals surface area contributed by atoms with Gasteiger partial charge >= 0.3 is 0 Å². The molecule has 0 spiro atoms. The molecule has 2 nitrogen and oxygen atoms in total. The van der Waals surface area contributed by atoms with Crippen LogP contribution in [0.1, 0.15) is 16.8 Å². The number of hydrogen-bond acceptors (Lipinski definition) is 2. The van der Waals surface area contributed by atoms with Crippen molar-refractivity contribution in [3.8, 4) is 5.75 Å². The Balaban J connectivity index is 2.98. The second-order valence-electron chi connectivity index (χ2n) is 2.73. The summed E-state index contributed by atoms with van der Waals surface area (Å²) in [5, 5.41) is 0.734. The van der Waals surface area contributed by atoms with E-state index in [-0.39, 0.29) is 16.6 Å². The highest BCUT2D eigenvalue weighted by molar-refractivity contribution is 9.09. The van der Waals surface area contributed by atoms with Crippen LogP contribution in [0.3, 0.4) is 0 Å². The maximum atomic E-state index is 12.0. The van der Waals surface area contributed by atoms with Gasteiger partial charge in [0.05, 0.1) is 5.02 Å². The number of carbonyl (C=O) groups is 1. The van der Waals surface area contributed by atoms with Crippen molar-refractivity contribution in [2.45, 2.75) is 6.42 Å². The first-order valence-corrected chi connectivity index (χ1v) is 5.77. The molecule has 0 atom stereocenters. The van der Waals surface area contributed by atoms with E-state index in [2.05, 4.69) is 20.7 Å². The van der Waals surface area contributed by atoms with Crippen molar-refractivity contribution in [3.63, 3.8) is 0 Å². The lowest BCUT2D eigenvalue weighted by atomic mass is 10.1. The lowest BCUT2D eigenvalue weighted by Crippen LogP contribution is -2.02. The molecule has 0 aliphatic heterocycles. The standard InChI is InChI=1S/C10H9BrClFO2/c11-5-4-8(14)7-2-1-3-9(10(7)12)15-6-13/h1-3H,4-6H2. The van der Waals surface area contributed by atoms with Crippen molar-refractivity contribution in [1.82, 2.24) is 0 Å². The molecular formula is C10H9BrClFO2. The zero-order valence-electron chi connectivity index (χ0n) is 7.80. The third-order valence-corrected chi connectivity index (χ3v) is 2.58. The Morgan fingerprint density at radius 3 is 2.87 bits per heavy atom. The van der Waals surface area contributed by atoms with Crippen molar-refractivity contribution < 1.29 is 13.9 Å². The molecule has 0 saturated carbocycles. The first kappa shape index (κ1) is 12.5. The molecule has 0 N–H and O–H groups in total. The van der Waals surface area contributed by atoms with Gasteiger partial charge in [0.1, 0.15) is 5.75 Å². The first-order chi connectivity index (χ1) is 7.20. The highest BCUT2D eigenvalue weighted by Gasteiger charge is 2.13. The lowest BCUT2D eigenvalue weighted by Gasteiger charge is -2.07. The Labute approximate surface area is 101 Å². The van der Waals surface area contributed by atoms with Gasteiger partial charge in [0, 0.05) is 17.3 Å². The Hall–Kier alpha value is -0.610. The molecule has 0 radical (unpaired) electrons. The van der Waals surface area contributed by atoms with Crippen LogP contribution in [0, 0.1) is 0 Å². The summed E-state index contributed by atoms with van der Waals surface area (Å²) in [5.41, 5.74) is 0.363. The third-order valence-electron chi connectivity index (χ3n) is 1.80. The van der Waals surface area contributed by atoms with E-state index in [9.17, 15) is 9.18 Å². The van der Waals surface area contributed by atoms with Crippen LogP contribution in [0.5, 0.6) is 5.75 Å². The Bertz CT molecular complexity index is 357. The van der Waals surface area contributed by atoms with Crippen LogP contribution < -0.4 is 4.74 Å². The molecule has 1 rings (SSSR count). The van der Waals surface area contributed by atoms with Crippen LogP contribution in [0.25, 0.3) is 0 Å². The van der Waals surface area contributed by atoms with Gasteiger partial charge in [0.15, 0.2) is 5.78 Å². The molecule has 0 aliphatic rings. The number of alkyl halides is 2. The van der Waals surface area contributed by atoms with Gasteiger partial charge < -0.3 is 4.74 Å². The molecule has 15 heavy (non-hydrogen) atoms. The van der Waals surface area contributed by atoms with Crippen molar-refractivity contribution >= 4 is 33.3 Å². The van der Waals surface area contributed by atoms with E-state index in [1.807, 2.05) is 0 Å². The van der Waals surface area contributed by atoms with Crippen LogP contribution >= 0.6 is 27.5 Å². The molecule has 0 unspecified atom stereocenters. The van der Waals surface area contributed by atoms with E-state index < -0.39 is 6.86 Å². The summed E-state index contributed by atoms with van der Waals surface area (Å²) in [4.78, 5) is 11.6. The number of ketones is 1. The fourth-order valence-corrected chi connectivity index (χ4v) is 1.76. The summed E-state index contributed by atoms with van der Waals surface area (Å²) in [6.45, 7) is -0.962. The van der Waals surface area contributed by atoms with Gasteiger partial charge in [0.25, 0.3) is 0 Å². The molecule has 5 heteroatoms. The number of ether oxygens (including phenoxy) is 1. The molecule has 0 heterocycles. The second kappa shape index (κ2) is 6.08. The summed E-state index contributed by atoms with van der Waals surface area (Å²) in [6, 6.07) is 4.73. The summed E-state index contributed by atoms with van der Waals surface area (Å²) >= 11 is 9.06. The van der Waals surface area contributed by atoms with E-state index in [0.29, 0.717) is 17.3 Å². The Kier molecular flexibility index (Phi) is 5.05. The topological polar surface area (TPSA) is 26.3 Å². The number of Topliss-reactive ketones (excluding diaryl/α,β-unsaturated/α-hetero) is 1. The van der Waals surface area contributed by atoms with Crippen LogP contribution in [-0.2, 0) is 0 Å². The van der Waals surface area contributed by atoms with Gasteiger partial charge in [-0.15, -0.1) is 0 Å². The molecule has 0 aromatic heterocycles. The molecule has 1 aromatic rings. The molecule has 82 valence electrons. The third kappa shape index (κ3) is 3.18. The normalized spacial score (nSPS) is 10.1. The summed E-state index contributed by atoms with van der Waals surface area (Å²) in [5.74, 6) is 0.0979. The largest absolute Gasteiger partial charge is 0.461 e. The van der Waals surface area contributed by atoms with E-state index in [1.54, 1.807) is 12.1 Å². The van der Waals surface area contributed by atoms with Gasteiger partial charge in [-0.2, -0.15) is 0 Å². The Morgan fingerprint density at radius 2 is 2.27 bits per heavy atom. The van der Waals surface area contributed by atoms with Gasteiger partial charge in [-0.05, 0) is 12.1 Å². The number of rotatable bonds is 5. The van der Waals surface area contributed by atoms with E-state index in [0.717, 1.165) is 0 Å². The number of carbonyl (C=O) groups excluding carboxylic acids is 1. The molecule has 0 bridgehead atoms. The minimum Gasteiger partial charge on any atom is -0.461 e. The lowest BCUT2D eigenvalue weighted by molar-refractivity contribution is 0.0989. The van der Waals surface area contributed by atoms with E-state index in [4.69, 9.17) is 11.6 Å². The van der Waals surface area contributed by atoms with Crippen LogP contribution in [0.4, 0.5) is 4.39 Å². The number of hydrogen-bond donors (Lipinski definition) is 0. The average Bonchev–Trinajstić information content (AvgIpc) is 2.22. The minimum atomic E-state index is -0.962. The fraction of sp³-hybridized carbons (Fsp3) is 0.300. The van der Waals surface area contributed by atoms with Crippen molar-refractivity contribution in [2.75, 3.05) is 12.2 Å². The fourth-order valence-electron chi connectivity index (χ4n) is 1.12. The predicted molar refractivity (Wildman–Crippen MR) is 60.8 cm³/mol. The average molecular weight is 296 g/mol. The van der Waals surface area contributed by atoms with E-state index in [1.165, 1.54) is 6.07 Å². The van der Waals surface area contributed by atoms with Gasteiger partial charge in [-0.25, -0.2) is 4.39 Å². The zero-order valence-corrected chi connectivity index (χ0v) is 10.1. The maximum absolute atomic E-state index is 12.0. The van der Waals surface area contributed by atoms with Gasteiger partial charge in [-0.3, -0.25) is 4.79 Å². The number of halogens is 3.